The second-order valence-corrected chi connectivity index (χ2v) is 7.33. The second kappa shape index (κ2) is 19.5. The number of nitrogens with zero attached hydrogens (tertiary/aromatic N) is 2. The molecule has 0 amide bonds. The number of hydrogen-bond donors (Lipinski definition) is 3. The molecule has 0 spiro atoms. The zero-order valence-electron chi connectivity index (χ0n) is 22.5. The average molecular weight is 495 g/mol. The maximum atomic E-state index is 9.67. The van der Waals surface area contributed by atoms with Crippen molar-refractivity contribution in [3.05, 3.63) is 103 Å². The van der Waals surface area contributed by atoms with E-state index in [0.717, 1.165) is 46.1 Å². The Morgan fingerprint density at radius 1 is 1.22 bits per heavy atom. The Balaban J connectivity index is 0.000000566. The number of amidine groups is 1. The lowest BCUT2D eigenvalue weighted by Crippen LogP contribution is -2.26. The Morgan fingerprint density at radius 3 is 2.42 bits per heavy atom. The first-order valence-electron chi connectivity index (χ1n) is 11.7. The number of fused-ring (bicyclic) bond motifs is 1. The molecule has 0 radical (unpaired) electrons. The van der Waals surface area contributed by atoms with Crippen LogP contribution in [-0.4, -0.2) is 41.7 Å². The molecule has 0 aliphatic heterocycles. The summed E-state index contributed by atoms with van der Waals surface area (Å²) in [6.07, 6.45) is 14.5. The fourth-order valence-electron chi connectivity index (χ4n) is 2.60. The number of aliphatic imine (C=N–C) groups is 1. The highest BCUT2D eigenvalue weighted by molar-refractivity contribution is 5.85. The Kier molecular flexibility index (Phi) is 17.4. The molecule has 1 unspecified atom stereocenters. The Hall–Kier alpha value is -3.84. The predicted octanol–water partition coefficient (Wildman–Crippen LogP) is 6.53. The van der Waals surface area contributed by atoms with Gasteiger partial charge in [0.1, 0.15) is 18.1 Å². The zero-order valence-corrected chi connectivity index (χ0v) is 22.5. The van der Waals surface area contributed by atoms with Gasteiger partial charge in [0.05, 0.1) is 24.7 Å². The minimum Gasteiger partial charge on any atom is -0.502 e. The fraction of sp³-hybridized carbons (Fsp3) is 0.310. The topological polar surface area (TPSA) is 91.8 Å². The van der Waals surface area contributed by atoms with Crippen molar-refractivity contribution in [2.75, 3.05) is 20.8 Å². The van der Waals surface area contributed by atoms with Gasteiger partial charge in [0.25, 0.3) is 0 Å². The molecule has 1 atom stereocenters. The monoisotopic (exact) mass is 494 g/mol. The van der Waals surface area contributed by atoms with Crippen molar-refractivity contribution in [3.8, 4) is 0 Å². The van der Waals surface area contributed by atoms with Gasteiger partial charge >= 0.3 is 0 Å². The van der Waals surface area contributed by atoms with Crippen molar-refractivity contribution in [1.29, 1.82) is 0 Å². The number of pyridine rings is 1. The van der Waals surface area contributed by atoms with Gasteiger partial charge in [-0.25, -0.2) is 4.98 Å². The summed E-state index contributed by atoms with van der Waals surface area (Å²) in [4.78, 5) is 11.3. The van der Waals surface area contributed by atoms with Crippen LogP contribution in [0.5, 0.6) is 0 Å². The SMILES string of the molecule is C/C=C(\C)OC.C=C/C=C(\C=C)NC(CO/C(C)=C/C=C)=NC.CCC(O)c1c[nH]c2ncccc12. The number of aromatic nitrogens is 2. The van der Waals surface area contributed by atoms with Crippen LogP contribution in [0.25, 0.3) is 11.0 Å². The fourth-order valence-corrected chi connectivity index (χ4v) is 2.60. The standard InChI is InChI=1S/C14H20N2O.C10H12N2O.C5H10O/c1-6-9-12(4)17-11-14(15-5)16-13(8-3)10-7-2;1-2-9(13)8-6-12-10-7(8)4-3-5-11-10;1-4-5(2)6-3/h6-10H,1-3,11H2,4-5H3,(H,15,16);3-6,9,13H,2H2,1H3,(H,11,12);4H,1-3H3/b12-9+,13-10+;;5-4+. The highest BCUT2D eigenvalue weighted by Crippen LogP contribution is 2.24. The highest BCUT2D eigenvalue weighted by atomic mass is 16.5. The van der Waals surface area contributed by atoms with Crippen LogP contribution in [0.1, 0.15) is 45.8 Å². The van der Waals surface area contributed by atoms with Gasteiger partial charge in [0.2, 0.25) is 0 Å². The number of allylic oxidation sites excluding steroid dienone is 8. The number of nitrogens with one attached hydrogen (secondary N) is 2. The van der Waals surface area contributed by atoms with Crippen LogP contribution in [0, 0.1) is 0 Å². The minimum atomic E-state index is -0.391. The molecule has 2 rings (SSSR count). The predicted molar refractivity (Wildman–Crippen MR) is 153 cm³/mol. The molecule has 2 heterocycles. The van der Waals surface area contributed by atoms with Gasteiger partial charge in [-0.3, -0.25) is 4.99 Å². The lowest BCUT2D eigenvalue weighted by Gasteiger charge is -2.11. The normalized spacial score (nSPS) is 12.9. The summed E-state index contributed by atoms with van der Waals surface area (Å²) in [7, 11) is 3.36. The molecular formula is C29H42N4O3. The van der Waals surface area contributed by atoms with Crippen molar-refractivity contribution in [2.45, 2.75) is 40.2 Å². The van der Waals surface area contributed by atoms with Gasteiger partial charge < -0.3 is 24.9 Å². The number of methoxy groups -OCH3 is 1. The number of hydrogen-bond acceptors (Lipinski definition) is 5. The van der Waals surface area contributed by atoms with Gasteiger partial charge in [0.15, 0.2) is 0 Å². The number of ether oxygens (including phenoxy) is 2. The van der Waals surface area contributed by atoms with E-state index in [2.05, 4.69) is 40.0 Å². The number of aromatic amines is 1. The first-order valence-corrected chi connectivity index (χ1v) is 11.7. The summed E-state index contributed by atoms with van der Waals surface area (Å²) in [5, 5.41) is 13.8. The van der Waals surface area contributed by atoms with Gasteiger partial charge in [-0.05, 0) is 57.6 Å². The molecule has 0 aliphatic rings. The first-order chi connectivity index (χ1) is 17.3. The highest BCUT2D eigenvalue weighted by Gasteiger charge is 2.10. The number of aliphatic hydroxyl groups excluding tert-OH is 1. The molecule has 3 N–H and O–H groups in total. The smallest absolute Gasteiger partial charge is 0.145 e. The summed E-state index contributed by atoms with van der Waals surface area (Å²) in [6.45, 7) is 19.0. The van der Waals surface area contributed by atoms with E-state index in [0.29, 0.717) is 6.61 Å². The van der Waals surface area contributed by atoms with Crippen molar-refractivity contribution >= 4 is 16.9 Å². The summed E-state index contributed by atoms with van der Waals surface area (Å²) in [6, 6.07) is 3.84. The summed E-state index contributed by atoms with van der Waals surface area (Å²) in [5.41, 5.74) is 2.60. The third-order valence-electron chi connectivity index (χ3n) is 4.82. The summed E-state index contributed by atoms with van der Waals surface area (Å²) < 4.78 is 10.2. The zero-order chi connectivity index (χ0) is 27.3. The second-order valence-electron chi connectivity index (χ2n) is 7.33. The maximum Gasteiger partial charge on any atom is 0.145 e. The van der Waals surface area contributed by atoms with Crippen LogP contribution < -0.4 is 5.32 Å². The van der Waals surface area contributed by atoms with Crippen LogP contribution in [0.2, 0.25) is 0 Å². The van der Waals surface area contributed by atoms with Crippen molar-refractivity contribution in [2.24, 2.45) is 4.99 Å². The molecule has 0 saturated heterocycles. The van der Waals surface area contributed by atoms with E-state index in [1.165, 1.54) is 0 Å². The van der Waals surface area contributed by atoms with Crippen LogP contribution in [-0.2, 0) is 9.47 Å². The molecule has 0 saturated carbocycles. The van der Waals surface area contributed by atoms with E-state index in [1.807, 2.05) is 58.2 Å². The van der Waals surface area contributed by atoms with Crippen LogP contribution in [0.15, 0.2) is 103 Å². The van der Waals surface area contributed by atoms with Gasteiger partial charge in [-0.2, -0.15) is 0 Å². The Labute approximate surface area is 216 Å². The Bertz CT molecular complexity index is 1060. The molecule has 2 aromatic heterocycles. The quantitative estimate of drug-likeness (QED) is 0.151. The van der Waals surface area contributed by atoms with E-state index in [9.17, 15) is 5.11 Å². The molecule has 0 bridgehead atoms. The maximum absolute atomic E-state index is 9.67. The molecule has 7 nitrogen and oxygen atoms in total. The number of rotatable bonds is 10. The van der Waals surface area contributed by atoms with Gasteiger partial charge in [-0.1, -0.05) is 44.9 Å². The molecule has 36 heavy (non-hydrogen) atoms. The van der Waals surface area contributed by atoms with E-state index < -0.39 is 6.10 Å². The van der Waals surface area contributed by atoms with E-state index in [-0.39, 0.29) is 0 Å². The molecule has 0 aromatic carbocycles. The third-order valence-corrected chi connectivity index (χ3v) is 4.82. The summed E-state index contributed by atoms with van der Waals surface area (Å²) in [5.74, 6) is 2.47. The number of aliphatic hydroxyl groups is 1. The lowest BCUT2D eigenvalue weighted by atomic mass is 10.1. The van der Waals surface area contributed by atoms with Crippen LogP contribution in [0.3, 0.4) is 0 Å². The lowest BCUT2D eigenvalue weighted by molar-refractivity contribution is 0.175. The van der Waals surface area contributed by atoms with Crippen molar-refractivity contribution in [3.63, 3.8) is 0 Å². The number of H-pyrrole nitrogens is 1. The molecule has 2 aromatic rings. The van der Waals surface area contributed by atoms with E-state index >= 15 is 0 Å². The molecule has 0 fully saturated rings. The molecule has 196 valence electrons. The van der Waals surface area contributed by atoms with Gasteiger partial charge in [-0.15, -0.1) is 0 Å². The molecule has 0 aliphatic carbocycles. The molecular weight excluding hydrogens is 452 g/mol. The average Bonchev–Trinajstić information content (AvgIpc) is 3.34. The van der Waals surface area contributed by atoms with Crippen molar-refractivity contribution < 1.29 is 14.6 Å². The Morgan fingerprint density at radius 2 is 1.92 bits per heavy atom. The van der Waals surface area contributed by atoms with Gasteiger partial charge in [0, 0.05) is 36.1 Å². The molecule has 7 heteroatoms. The minimum absolute atomic E-state index is 0.370. The van der Waals surface area contributed by atoms with E-state index in [4.69, 9.17) is 9.47 Å². The first kappa shape index (κ1) is 32.2. The summed E-state index contributed by atoms with van der Waals surface area (Å²) >= 11 is 0. The largest absolute Gasteiger partial charge is 0.502 e. The van der Waals surface area contributed by atoms with Crippen LogP contribution >= 0.6 is 0 Å². The van der Waals surface area contributed by atoms with E-state index in [1.54, 1.807) is 44.7 Å². The van der Waals surface area contributed by atoms with Crippen LogP contribution in [0.4, 0.5) is 0 Å². The third kappa shape index (κ3) is 12.6. The van der Waals surface area contributed by atoms with Crippen molar-refractivity contribution in [1.82, 2.24) is 15.3 Å².